The number of fused-ring (bicyclic) bond motifs is 1. The van der Waals surface area contributed by atoms with Gasteiger partial charge in [-0.25, -0.2) is 0 Å². The zero-order valence-corrected chi connectivity index (χ0v) is 13.9. The van der Waals surface area contributed by atoms with Crippen LogP contribution >= 0.6 is 0 Å². The maximum atomic E-state index is 11.0. The Labute approximate surface area is 137 Å². The van der Waals surface area contributed by atoms with Crippen molar-refractivity contribution in [3.05, 3.63) is 64.2 Å². The van der Waals surface area contributed by atoms with Crippen LogP contribution in [-0.2, 0) is 6.54 Å². The van der Waals surface area contributed by atoms with Crippen LogP contribution in [0.2, 0.25) is 0 Å². The van der Waals surface area contributed by atoms with Crippen molar-refractivity contribution in [1.82, 2.24) is 0 Å². The Morgan fingerprint density at radius 1 is 1.04 bits per heavy atom. The van der Waals surface area contributed by atoms with Gasteiger partial charge in [-0.2, -0.15) is 0 Å². The smallest absolute Gasteiger partial charge is 0.271 e. The Bertz CT molecular complexity index is 659. The third kappa shape index (κ3) is 3.80. The SMILES string of the molecule is CC.CN1CCN(Cc2ccccc2)c2cc([N+](=O)[O-])ccc21. The van der Waals surface area contributed by atoms with Crippen molar-refractivity contribution in [2.24, 2.45) is 0 Å². The summed E-state index contributed by atoms with van der Waals surface area (Å²) < 4.78 is 0. The van der Waals surface area contributed by atoms with Crippen molar-refractivity contribution in [1.29, 1.82) is 0 Å². The highest BCUT2D eigenvalue weighted by Gasteiger charge is 2.23. The number of anilines is 2. The molecule has 0 fully saturated rings. The van der Waals surface area contributed by atoms with Crippen LogP contribution in [0.3, 0.4) is 0 Å². The number of non-ortho nitro benzene ring substituents is 1. The van der Waals surface area contributed by atoms with E-state index in [1.807, 2.05) is 45.2 Å². The standard InChI is InChI=1S/C16H17N3O2.C2H6/c1-17-9-10-18(12-13-5-3-2-4-6-13)16-11-14(19(20)21)7-8-15(16)17;1-2/h2-8,11H,9-10,12H2,1H3;1-2H3. The summed E-state index contributed by atoms with van der Waals surface area (Å²) in [5, 5.41) is 11.0. The summed E-state index contributed by atoms with van der Waals surface area (Å²) in [7, 11) is 2.02. The molecule has 0 aliphatic carbocycles. The molecule has 5 nitrogen and oxygen atoms in total. The van der Waals surface area contributed by atoms with Crippen molar-refractivity contribution in [2.75, 3.05) is 29.9 Å². The van der Waals surface area contributed by atoms with Crippen molar-refractivity contribution >= 4 is 17.1 Å². The third-order valence-corrected chi connectivity index (χ3v) is 3.84. The second-order valence-electron chi connectivity index (χ2n) is 5.26. The second kappa shape index (κ2) is 7.63. The van der Waals surface area contributed by atoms with E-state index in [9.17, 15) is 10.1 Å². The van der Waals surface area contributed by atoms with Gasteiger partial charge in [0.25, 0.3) is 5.69 Å². The van der Waals surface area contributed by atoms with E-state index in [-0.39, 0.29) is 10.6 Å². The maximum absolute atomic E-state index is 11.0. The van der Waals surface area contributed by atoms with Gasteiger partial charge < -0.3 is 9.80 Å². The van der Waals surface area contributed by atoms with E-state index in [4.69, 9.17) is 0 Å². The summed E-state index contributed by atoms with van der Waals surface area (Å²) in [6, 6.07) is 15.3. The Balaban J connectivity index is 0.000000924. The molecule has 0 saturated heterocycles. The topological polar surface area (TPSA) is 49.6 Å². The fraction of sp³-hybridized carbons (Fsp3) is 0.333. The number of rotatable bonds is 3. The first kappa shape index (κ1) is 16.8. The van der Waals surface area contributed by atoms with E-state index in [1.165, 1.54) is 5.56 Å². The summed E-state index contributed by atoms with van der Waals surface area (Å²) in [6.45, 7) is 6.54. The van der Waals surface area contributed by atoms with Gasteiger partial charge in [-0.15, -0.1) is 0 Å². The largest absolute Gasteiger partial charge is 0.371 e. The summed E-state index contributed by atoms with van der Waals surface area (Å²) in [4.78, 5) is 15.0. The minimum absolute atomic E-state index is 0.141. The Morgan fingerprint density at radius 2 is 1.74 bits per heavy atom. The molecule has 1 aliphatic heterocycles. The van der Waals surface area contributed by atoms with E-state index in [0.29, 0.717) is 0 Å². The van der Waals surface area contributed by atoms with E-state index in [0.717, 1.165) is 31.0 Å². The van der Waals surface area contributed by atoms with Crippen molar-refractivity contribution in [3.8, 4) is 0 Å². The number of hydrogen-bond donors (Lipinski definition) is 0. The molecule has 0 radical (unpaired) electrons. The second-order valence-corrected chi connectivity index (χ2v) is 5.26. The molecule has 0 saturated carbocycles. The van der Waals surface area contributed by atoms with Crippen molar-refractivity contribution < 1.29 is 4.92 Å². The molecule has 0 amide bonds. The predicted molar refractivity (Wildman–Crippen MR) is 95.2 cm³/mol. The zero-order chi connectivity index (χ0) is 16.8. The van der Waals surface area contributed by atoms with Crippen LogP contribution in [-0.4, -0.2) is 25.1 Å². The highest BCUT2D eigenvalue weighted by atomic mass is 16.6. The van der Waals surface area contributed by atoms with Gasteiger partial charge in [0.15, 0.2) is 0 Å². The summed E-state index contributed by atoms with van der Waals surface area (Å²) in [5.41, 5.74) is 3.33. The van der Waals surface area contributed by atoms with Crippen LogP contribution in [0.5, 0.6) is 0 Å². The van der Waals surface area contributed by atoms with E-state index >= 15 is 0 Å². The highest BCUT2D eigenvalue weighted by molar-refractivity contribution is 5.75. The van der Waals surface area contributed by atoms with Crippen LogP contribution in [0.15, 0.2) is 48.5 Å². The lowest BCUT2D eigenvalue weighted by Crippen LogP contribution is -2.38. The number of likely N-dealkylation sites (N-methyl/N-ethyl adjacent to an activating group) is 1. The third-order valence-electron chi connectivity index (χ3n) is 3.84. The number of nitro benzene ring substituents is 1. The predicted octanol–water partition coefficient (Wildman–Crippen LogP) is 4.08. The fourth-order valence-electron chi connectivity index (χ4n) is 2.68. The van der Waals surface area contributed by atoms with Crippen LogP contribution in [0, 0.1) is 10.1 Å². The average Bonchev–Trinajstić information content (AvgIpc) is 2.60. The molecular formula is C18H23N3O2. The van der Waals surface area contributed by atoms with Gasteiger partial charge in [0, 0.05) is 38.8 Å². The molecule has 0 spiro atoms. The van der Waals surface area contributed by atoms with Crippen LogP contribution < -0.4 is 9.80 Å². The number of hydrogen-bond acceptors (Lipinski definition) is 4. The molecule has 1 aliphatic rings. The maximum Gasteiger partial charge on any atom is 0.271 e. The zero-order valence-electron chi connectivity index (χ0n) is 13.9. The summed E-state index contributed by atoms with van der Waals surface area (Å²) in [6.07, 6.45) is 0. The molecule has 0 aromatic heterocycles. The molecule has 1 heterocycles. The minimum atomic E-state index is -0.338. The van der Waals surface area contributed by atoms with Gasteiger partial charge in [-0.1, -0.05) is 44.2 Å². The summed E-state index contributed by atoms with van der Waals surface area (Å²) in [5.74, 6) is 0. The molecule has 5 heteroatoms. The molecule has 3 rings (SSSR count). The lowest BCUT2D eigenvalue weighted by atomic mass is 10.1. The molecule has 0 unspecified atom stereocenters. The molecular weight excluding hydrogens is 290 g/mol. The van der Waals surface area contributed by atoms with Crippen molar-refractivity contribution in [2.45, 2.75) is 20.4 Å². The molecule has 2 aromatic carbocycles. The first-order valence-corrected chi connectivity index (χ1v) is 7.93. The van der Waals surface area contributed by atoms with Gasteiger partial charge in [0.1, 0.15) is 0 Å². The Hall–Kier alpha value is -2.56. The first-order chi connectivity index (χ1) is 11.1. The van der Waals surface area contributed by atoms with E-state index < -0.39 is 0 Å². The van der Waals surface area contributed by atoms with Crippen molar-refractivity contribution in [3.63, 3.8) is 0 Å². The van der Waals surface area contributed by atoms with E-state index in [1.54, 1.807) is 12.1 Å². The normalized spacial score (nSPS) is 13.0. The number of nitro groups is 1. The lowest BCUT2D eigenvalue weighted by Gasteiger charge is -2.36. The Kier molecular flexibility index (Phi) is 5.57. The molecule has 0 atom stereocenters. The molecule has 122 valence electrons. The van der Waals surface area contributed by atoms with Gasteiger partial charge in [-0.3, -0.25) is 10.1 Å². The monoisotopic (exact) mass is 313 g/mol. The molecule has 0 bridgehead atoms. The van der Waals surface area contributed by atoms with Crippen LogP contribution in [0.25, 0.3) is 0 Å². The lowest BCUT2D eigenvalue weighted by molar-refractivity contribution is -0.384. The number of nitrogens with zero attached hydrogens (tertiary/aromatic N) is 3. The molecule has 23 heavy (non-hydrogen) atoms. The number of benzene rings is 2. The van der Waals surface area contributed by atoms with Gasteiger partial charge in [0.2, 0.25) is 0 Å². The first-order valence-electron chi connectivity index (χ1n) is 7.93. The summed E-state index contributed by atoms with van der Waals surface area (Å²) >= 11 is 0. The van der Waals surface area contributed by atoms with E-state index in [2.05, 4.69) is 21.9 Å². The average molecular weight is 313 g/mol. The minimum Gasteiger partial charge on any atom is -0.371 e. The molecule has 0 N–H and O–H groups in total. The van der Waals surface area contributed by atoms with Crippen LogP contribution in [0.4, 0.5) is 17.1 Å². The fourth-order valence-corrected chi connectivity index (χ4v) is 2.68. The Morgan fingerprint density at radius 3 is 2.39 bits per heavy atom. The van der Waals surface area contributed by atoms with Gasteiger partial charge >= 0.3 is 0 Å². The molecule has 2 aromatic rings. The van der Waals surface area contributed by atoms with Crippen LogP contribution in [0.1, 0.15) is 19.4 Å². The highest BCUT2D eigenvalue weighted by Crippen LogP contribution is 2.36. The van der Waals surface area contributed by atoms with Gasteiger partial charge in [0.05, 0.1) is 16.3 Å². The van der Waals surface area contributed by atoms with Gasteiger partial charge in [-0.05, 0) is 11.6 Å². The quantitative estimate of drug-likeness (QED) is 0.633.